The summed E-state index contributed by atoms with van der Waals surface area (Å²) in [6.07, 6.45) is 1.46. The summed E-state index contributed by atoms with van der Waals surface area (Å²) in [6.45, 7) is 0. The molecule has 1 atom stereocenters. The van der Waals surface area contributed by atoms with Crippen LogP contribution < -0.4 is 10.6 Å². The standard InChI is InChI=1S/C14H12ClN3O3/c15-9-4-6-10(7-5-9)17-14(21)18-12(13(19)20)11-3-1-2-8-16-11/h1-8,12H,(H,19,20)(H2,17,18,21). The predicted molar refractivity (Wildman–Crippen MR) is 78.2 cm³/mol. The first-order valence-corrected chi connectivity index (χ1v) is 6.41. The van der Waals surface area contributed by atoms with Gasteiger partial charge in [-0.05, 0) is 36.4 Å². The Kier molecular flexibility index (Phi) is 4.73. The molecule has 1 aromatic heterocycles. The van der Waals surface area contributed by atoms with Gasteiger partial charge in [0.25, 0.3) is 0 Å². The first kappa shape index (κ1) is 14.8. The Hall–Kier alpha value is -2.60. The summed E-state index contributed by atoms with van der Waals surface area (Å²) in [4.78, 5) is 27.0. The molecule has 0 spiro atoms. The van der Waals surface area contributed by atoms with E-state index in [0.29, 0.717) is 10.7 Å². The number of urea groups is 1. The van der Waals surface area contributed by atoms with Crippen molar-refractivity contribution in [3.05, 3.63) is 59.4 Å². The number of hydrogen-bond acceptors (Lipinski definition) is 3. The van der Waals surface area contributed by atoms with Gasteiger partial charge in [-0.15, -0.1) is 0 Å². The van der Waals surface area contributed by atoms with Crippen LogP contribution in [0.3, 0.4) is 0 Å². The topological polar surface area (TPSA) is 91.3 Å². The highest BCUT2D eigenvalue weighted by atomic mass is 35.5. The number of anilines is 1. The fourth-order valence-corrected chi connectivity index (χ4v) is 1.77. The Bertz CT molecular complexity index is 632. The molecule has 7 heteroatoms. The molecule has 3 N–H and O–H groups in total. The van der Waals surface area contributed by atoms with Crippen molar-refractivity contribution in [3.8, 4) is 0 Å². The molecule has 0 radical (unpaired) electrons. The second kappa shape index (κ2) is 6.71. The van der Waals surface area contributed by atoms with Gasteiger partial charge in [0, 0.05) is 16.9 Å². The Morgan fingerprint density at radius 2 is 1.86 bits per heavy atom. The van der Waals surface area contributed by atoms with Crippen molar-refractivity contribution in [2.45, 2.75) is 6.04 Å². The SMILES string of the molecule is O=C(Nc1ccc(Cl)cc1)NC(C(=O)O)c1ccccn1. The summed E-state index contributed by atoms with van der Waals surface area (Å²) in [7, 11) is 0. The molecule has 0 bridgehead atoms. The largest absolute Gasteiger partial charge is 0.479 e. The van der Waals surface area contributed by atoms with Gasteiger partial charge in [-0.1, -0.05) is 17.7 Å². The van der Waals surface area contributed by atoms with E-state index in [1.807, 2.05) is 0 Å². The van der Waals surface area contributed by atoms with Gasteiger partial charge in [-0.25, -0.2) is 9.59 Å². The van der Waals surface area contributed by atoms with Gasteiger partial charge in [0.2, 0.25) is 0 Å². The summed E-state index contributed by atoms with van der Waals surface area (Å²) >= 11 is 5.74. The molecule has 1 unspecified atom stereocenters. The van der Waals surface area contributed by atoms with Crippen LogP contribution in [-0.2, 0) is 4.79 Å². The molecule has 0 saturated carbocycles. The number of halogens is 1. The van der Waals surface area contributed by atoms with Crippen molar-refractivity contribution < 1.29 is 14.7 Å². The number of carboxylic acid groups (broad SMARTS) is 1. The number of aliphatic carboxylic acids is 1. The molecule has 0 saturated heterocycles. The van der Waals surface area contributed by atoms with E-state index >= 15 is 0 Å². The van der Waals surface area contributed by atoms with Gasteiger partial charge in [0.05, 0.1) is 5.69 Å². The van der Waals surface area contributed by atoms with Gasteiger partial charge in [-0.2, -0.15) is 0 Å². The Labute approximate surface area is 125 Å². The highest BCUT2D eigenvalue weighted by molar-refractivity contribution is 6.30. The number of rotatable bonds is 4. The minimum Gasteiger partial charge on any atom is -0.479 e. The van der Waals surface area contributed by atoms with Crippen LogP contribution in [0.2, 0.25) is 5.02 Å². The van der Waals surface area contributed by atoms with Crippen LogP contribution in [0.25, 0.3) is 0 Å². The molecular formula is C14H12ClN3O3. The lowest BCUT2D eigenvalue weighted by Gasteiger charge is -2.14. The van der Waals surface area contributed by atoms with E-state index in [1.165, 1.54) is 12.3 Å². The third-order valence-corrected chi connectivity index (χ3v) is 2.86. The summed E-state index contributed by atoms with van der Waals surface area (Å²) in [5, 5.41) is 14.6. The fraction of sp³-hybridized carbons (Fsp3) is 0.0714. The molecule has 2 rings (SSSR count). The fourth-order valence-electron chi connectivity index (χ4n) is 1.64. The van der Waals surface area contributed by atoms with E-state index in [4.69, 9.17) is 11.6 Å². The van der Waals surface area contributed by atoms with Crippen LogP contribution >= 0.6 is 11.6 Å². The maximum absolute atomic E-state index is 11.8. The quantitative estimate of drug-likeness (QED) is 0.810. The number of benzene rings is 1. The molecule has 0 aliphatic rings. The molecule has 0 fully saturated rings. The predicted octanol–water partition coefficient (Wildman–Crippen LogP) is 2.68. The highest BCUT2D eigenvalue weighted by Crippen LogP contribution is 2.14. The number of carbonyl (C=O) groups excluding carboxylic acids is 1. The maximum atomic E-state index is 11.8. The second-order valence-electron chi connectivity index (χ2n) is 4.13. The number of nitrogens with one attached hydrogen (secondary N) is 2. The molecule has 1 aromatic carbocycles. The molecule has 0 aliphatic heterocycles. The van der Waals surface area contributed by atoms with E-state index in [-0.39, 0.29) is 5.69 Å². The lowest BCUT2D eigenvalue weighted by Crippen LogP contribution is -2.37. The number of carbonyl (C=O) groups is 2. The molecule has 6 nitrogen and oxygen atoms in total. The average Bonchev–Trinajstić information content (AvgIpc) is 2.48. The zero-order chi connectivity index (χ0) is 15.2. The van der Waals surface area contributed by atoms with Crippen molar-refractivity contribution in [2.24, 2.45) is 0 Å². The number of aromatic nitrogens is 1. The smallest absolute Gasteiger partial charge is 0.332 e. The van der Waals surface area contributed by atoms with Crippen LogP contribution in [0.4, 0.5) is 10.5 Å². The van der Waals surface area contributed by atoms with Crippen LogP contribution in [0.15, 0.2) is 48.7 Å². The zero-order valence-corrected chi connectivity index (χ0v) is 11.5. The van der Waals surface area contributed by atoms with E-state index in [0.717, 1.165) is 0 Å². The molecular weight excluding hydrogens is 294 g/mol. The summed E-state index contributed by atoms with van der Waals surface area (Å²) < 4.78 is 0. The van der Waals surface area contributed by atoms with Crippen LogP contribution in [-0.4, -0.2) is 22.1 Å². The highest BCUT2D eigenvalue weighted by Gasteiger charge is 2.23. The van der Waals surface area contributed by atoms with Crippen molar-refractivity contribution >= 4 is 29.3 Å². The molecule has 1 heterocycles. The normalized spacial score (nSPS) is 11.5. The van der Waals surface area contributed by atoms with Crippen molar-refractivity contribution in [1.29, 1.82) is 0 Å². The van der Waals surface area contributed by atoms with Gasteiger partial charge in [0.1, 0.15) is 0 Å². The lowest BCUT2D eigenvalue weighted by atomic mass is 10.2. The van der Waals surface area contributed by atoms with Crippen LogP contribution in [0.5, 0.6) is 0 Å². The number of amides is 2. The van der Waals surface area contributed by atoms with Gasteiger partial charge >= 0.3 is 12.0 Å². The first-order chi connectivity index (χ1) is 10.1. The van der Waals surface area contributed by atoms with Gasteiger partial charge in [-0.3, -0.25) is 4.98 Å². The van der Waals surface area contributed by atoms with E-state index in [1.54, 1.807) is 36.4 Å². The molecule has 2 aromatic rings. The molecule has 21 heavy (non-hydrogen) atoms. The third-order valence-electron chi connectivity index (χ3n) is 2.61. The monoisotopic (exact) mass is 305 g/mol. The molecule has 2 amide bonds. The number of nitrogens with zero attached hydrogens (tertiary/aromatic N) is 1. The Balaban J connectivity index is 2.05. The lowest BCUT2D eigenvalue weighted by molar-refractivity contribution is -0.139. The van der Waals surface area contributed by atoms with E-state index in [2.05, 4.69) is 15.6 Å². The minimum absolute atomic E-state index is 0.247. The number of hydrogen-bond donors (Lipinski definition) is 3. The zero-order valence-electron chi connectivity index (χ0n) is 10.8. The first-order valence-electron chi connectivity index (χ1n) is 6.03. The Morgan fingerprint density at radius 1 is 1.14 bits per heavy atom. The minimum atomic E-state index is -1.22. The number of carboxylic acids is 1. The van der Waals surface area contributed by atoms with Gasteiger partial charge in [0.15, 0.2) is 6.04 Å². The molecule has 108 valence electrons. The number of pyridine rings is 1. The van der Waals surface area contributed by atoms with Crippen molar-refractivity contribution in [2.75, 3.05) is 5.32 Å². The summed E-state index contributed by atoms with van der Waals surface area (Å²) in [6, 6.07) is 9.43. The second-order valence-corrected chi connectivity index (χ2v) is 4.57. The average molecular weight is 306 g/mol. The molecule has 0 aliphatic carbocycles. The van der Waals surface area contributed by atoms with E-state index < -0.39 is 18.0 Å². The van der Waals surface area contributed by atoms with Crippen LogP contribution in [0, 0.1) is 0 Å². The third kappa shape index (κ3) is 4.19. The van der Waals surface area contributed by atoms with Crippen molar-refractivity contribution in [1.82, 2.24) is 10.3 Å². The maximum Gasteiger partial charge on any atom is 0.332 e. The Morgan fingerprint density at radius 3 is 2.43 bits per heavy atom. The van der Waals surface area contributed by atoms with Crippen molar-refractivity contribution in [3.63, 3.8) is 0 Å². The van der Waals surface area contributed by atoms with E-state index in [9.17, 15) is 14.7 Å². The van der Waals surface area contributed by atoms with Crippen LogP contribution in [0.1, 0.15) is 11.7 Å². The summed E-state index contributed by atoms with van der Waals surface area (Å²) in [5.41, 5.74) is 0.748. The van der Waals surface area contributed by atoms with Gasteiger partial charge < -0.3 is 15.7 Å². The summed E-state index contributed by atoms with van der Waals surface area (Å²) in [5.74, 6) is -1.19.